The average molecular weight is 337 g/mol. The van der Waals surface area contributed by atoms with Crippen molar-refractivity contribution >= 4 is 29.9 Å². The minimum absolute atomic E-state index is 0. The maximum absolute atomic E-state index is 5.85. The van der Waals surface area contributed by atoms with Crippen molar-refractivity contribution in [3.8, 4) is 0 Å². The molecule has 5 nitrogen and oxygen atoms in total. The number of halogens is 1. The Labute approximate surface area is 114 Å². The van der Waals surface area contributed by atoms with Crippen LogP contribution in [-0.2, 0) is 13.6 Å². The van der Waals surface area contributed by atoms with Crippen LogP contribution in [-0.4, -0.2) is 33.5 Å². The van der Waals surface area contributed by atoms with E-state index in [1.54, 1.807) is 12.5 Å². The summed E-state index contributed by atoms with van der Waals surface area (Å²) in [6.45, 7) is 6.49. The molecule has 1 aromatic rings. The molecule has 0 aliphatic carbocycles. The first-order valence-corrected chi connectivity index (χ1v) is 5.19. The Kier molecular flexibility index (Phi) is 7.11. The Bertz CT molecular complexity index is 330. The fourth-order valence-corrected chi connectivity index (χ4v) is 1.35. The van der Waals surface area contributed by atoms with E-state index in [0.29, 0.717) is 12.5 Å². The molecule has 0 aliphatic heterocycles. The quantitative estimate of drug-likeness (QED) is 0.510. The summed E-state index contributed by atoms with van der Waals surface area (Å²) in [6.07, 6.45) is 3.57. The van der Waals surface area contributed by atoms with Gasteiger partial charge in [0.05, 0.1) is 24.8 Å². The normalized spacial score (nSPS) is 11.1. The highest BCUT2D eigenvalue weighted by atomic mass is 127. The predicted octanol–water partition coefficient (Wildman–Crippen LogP) is 1.19. The SMILES string of the molecule is CCN(CC)C(N)=NCc1cncn1C.I. The number of imidazole rings is 1. The van der Waals surface area contributed by atoms with Crippen molar-refractivity contribution in [2.45, 2.75) is 20.4 Å². The second-order valence-corrected chi connectivity index (χ2v) is 3.34. The second kappa shape index (κ2) is 7.48. The van der Waals surface area contributed by atoms with Crippen LogP contribution in [0.25, 0.3) is 0 Å². The van der Waals surface area contributed by atoms with Gasteiger partial charge in [-0.25, -0.2) is 9.98 Å². The summed E-state index contributed by atoms with van der Waals surface area (Å²) in [6, 6.07) is 0. The lowest BCUT2D eigenvalue weighted by molar-refractivity contribution is 0.458. The van der Waals surface area contributed by atoms with Crippen LogP contribution in [0.4, 0.5) is 0 Å². The molecule has 0 aromatic carbocycles. The van der Waals surface area contributed by atoms with Gasteiger partial charge in [0, 0.05) is 20.1 Å². The third-order valence-electron chi connectivity index (χ3n) is 2.41. The molecule has 0 amide bonds. The van der Waals surface area contributed by atoms with Crippen molar-refractivity contribution in [1.29, 1.82) is 0 Å². The number of nitrogens with two attached hydrogens (primary N) is 1. The van der Waals surface area contributed by atoms with Crippen LogP contribution < -0.4 is 5.73 Å². The van der Waals surface area contributed by atoms with E-state index >= 15 is 0 Å². The predicted molar refractivity (Wildman–Crippen MR) is 76.9 cm³/mol. The van der Waals surface area contributed by atoms with E-state index in [4.69, 9.17) is 5.73 Å². The fourth-order valence-electron chi connectivity index (χ4n) is 1.35. The average Bonchev–Trinajstić information content (AvgIpc) is 2.63. The number of hydrogen-bond donors (Lipinski definition) is 1. The van der Waals surface area contributed by atoms with Crippen LogP contribution in [0.5, 0.6) is 0 Å². The third-order valence-corrected chi connectivity index (χ3v) is 2.41. The van der Waals surface area contributed by atoms with Gasteiger partial charge in [0.25, 0.3) is 0 Å². The second-order valence-electron chi connectivity index (χ2n) is 3.34. The van der Waals surface area contributed by atoms with Crippen LogP contribution in [0, 0.1) is 0 Å². The van der Waals surface area contributed by atoms with Crippen LogP contribution in [0.15, 0.2) is 17.5 Å². The lowest BCUT2D eigenvalue weighted by atomic mass is 10.4. The van der Waals surface area contributed by atoms with E-state index < -0.39 is 0 Å². The molecular formula is C10H20IN5. The lowest BCUT2D eigenvalue weighted by Crippen LogP contribution is -2.37. The highest BCUT2D eigenvalue weighted by Crippen LogP contribution is 1.99. The molecule has 0 radical (unpaired) electrons. The molecule has 0 saturated heterocycles. The minimum Gasteiger partial charge on any atom is -0.370 e. The molecule has 0 atom stereocenters. The van der Waals surface area contributed by atoms with Gasteiger partial charge in [0.2, 0.25) is 0 Å². The first-order chi connectivity index (χ1) is 7.19. The lowest BCUT2D eigenvalue weighted by Gasteiger charge is -2.19. The Balaban J connectivity index is 0.00000225. The largest absolute Gasteiger partial charge is 0.370 e. The van der Waals surface area contributed by atoms with E-state index in [-0.39, 0.29) is 24.0 Å². The van der Waals surface area contributed by atoms with Crippen molar-refractivity contribution in [3.63, 3.8) is 0 Å². The third kappa shape index (κ3) is 3.99. The van der Waals surface area contributed by atoms with Gasteiger partial charge in [-0.1, -0.05) is 0 Å². The van der Waals surface area contributed by atoms with Crippen LogP contribution in [0.3, 0.4) is 0 Å². The maximum atomic E-state index is 5.85. The molecule has 0 aliphatic rings. The van der Waals surface area contributed by atoms with Gasteiger partial charge < -0.3 is 15.2 Å². The molecule has 1 heterocycles. The Hall–Kier alpha value is -0.790. The molecule has 1 rings (SSSR count). The van der Waals surface area contributed by atoms with Crippen LogP contribution in [0.1, 0.15) is 19.5 Å². The summed E-state index contributed by atoms with van der Waals surface area (Å²) in [5.74, 6) is 0.598. The summed E-state index contributed by atoms with van der Waals surface area (Å²) in [7, 11) is 1.95. The van der Waals surface area contributed by atoms with Crippen LogP contribution in [0.2, 0.25) is 0 Å². The number of guanidine groups is 1. The van der Waals surface area contributed by atoms with Gasteiger partial charge in [-0.05, 0) is 13.8 Å². The summed E-state index contributed by atoms with van der Waals surface area (Å²) in [4.78, 5) is 10.4. The topological polar surface area (TPSA) is 59.4 Å². The van der Waals surface area contributed by atoms with E-state index in [9.17, 15) is 0 Å². The monoisotopic (exact) mass is 337 g/mol. The number of aromatic nitrogens is 2. The molecule has 0 bridgehead atoms. The van der Waals surface area contributed by atoms with Gasteiger partial charge in [0.1, 0.15) is 0 Å². The van der Waals surface area contributed by atoms with E-state index in [1.807, 2.05) is 16.5 Å². The van der Waals surface area contributed by atoms with E-state index in [0.717, 1.165) is 18.8 Å². The zero-order chi connectivity index (χ0) is 11.3. The first-order valence-electron chi connectivity index (χ1n) is 5.19. The van der Waals surface area contributed by atoms with Gasteiger partial charge >= 0.3 is 0 Å². The zero-order valence-corrected chi connectivity index (χ0v) is 12.4. The Morgan fingerprint density at radius 3 is 2.56 bits per heavy atom. The van der Waals surface area contributed by atoms with Crippen molar-refractivity contribution in [3.05, 3.63) is 18.2 Å². The molecule has 2 N–H and O–H groups in total. The van der Waals surface area contributed by atoms with Crippen molar-refractivity contribution < 1.29 is 0 Å². The summed E-state index contributed by atoms with van der Waals surface area (Å²) < 4.78 is 1.94. The summed E-state index contributed by atoms with van der Waals surface area (Å²) >= 11 is 0. The Morgan fingerprint density at radius 2 is 2.12 bits per heavy atom. The molecule has 1 aromatic heterocycles. The number of aliphatic imine (C=N–C) groups is 1. The maximum Gasteiger partial charge on any atom is 0.191 e. The standard InChI is InChI=1S/C10H19N5.HI/c1-4-15(5-2)10(11)13-7-9-6-12-8-14(9)3;/h6,8H,4-5,7H2,1-3H3,(H2,11,13);1H. The van der Waals surface area contributed by atoms with E-state index in [1.165, 1.54) is 0 Å². The highest BCUT2D eigenvalue weighted by molar-refractivity contribution is 14.0. The molecule has 0 saturated carbocycles. The van der Waals surface area contributed by atoms with E-state index in [2.05, 4.69) is 23.8 Å². The van der Waals surface area contributed by atoms with Gasteiger partial charge in [0.15, 0.2) is 5.96 Å². The first kappa shape index (κ1) is 15.2. The molecule has 16 heavy (non-hydrogen) atoms. The number of rotatable bonds is 4. The summed E-state index contributed by atoms with van der Waals surface area (Å²) in [5, 5.41) is 0. The number of nitrogens with zero attached hydrogens (tertiary/aromatic N) is 4. The van der Waals surface area contributed by atoms with Gasteiger partial charge in [-0.15, -0.1) is 24.0 Å². The van der Waals surface area contributed by atoms with Crippen molar-refractivity contribution in [2.24, 2.45) is 17.8 Å². The number of hydrogen-bond acceptors (Lipinski definition) is 2. The van der Waals surface area contributed by atoms with Gasteiger partial charge in [-0.2, -0.15) is 0 Å². The molecule has 0 spiro atoms. The molecule has 0 unspecified atom stereocenters. The molecule has 92 valence electrons. The minimum atomic E-state index is 0. The smallest absolute Gasteiger partial charge is 0.191 e. The Morgan fingerprint density at radius 1 is 1.50 bits per heavy atom. The van der Waals surface area contributed by atoms with Crippen molar-refractivity contribution in [1.82, 2.24) is 14.5 Å². The molecule has 0 fully saturated rings. The number of aryl methyl sites for hydroxylation is 1. The highest BCUT2D eigenvalue weighted by Gasteiger charge is 2.02. The summed E-state index contributed by atoms with van der Waals surface area (Å²) in [5.41, 5.74) is 6.91. The molecular weight excluding hydrogens is 317 g/mol. The van der Waals surface area contributed by atoms with Gasteiger partial charge in [-0.3, -0.25) is 0 Å². The van der Waals surface area contributed by atoms with Crippen LogP contribution >= 0.6 is 24.0 Å². The molecule has 6 heteroatoms. The zero-order valence-electron chi connectivity index (χ0n) is 10.1. The fraction of sp³-hybridized carbons (Fsp3) is 0.600. The van der Waals surface area contributed by atoms with Crippen molar-refractivity contribution in [2.75, 3.05) is 13.1 Å².